The average molecular weight is 466 g/mol. The normalized spacial score (nSPS) is 10.5. The maximum Gasteiger partial charge on any atom is 0.225 e. The summed E-state index contributed by atoms with van der Waals surface area (Å²) in [4.78, 5) is 23.8. The molecule has 0 bridgehead atoms. The van der Waals surface area contributed by atoms with Gasteiger partial charge >= 0.3 is 0 Å². The molecule has 4 nitrogen and oxygen atoms in total. The topological polar surface area (TPSA) is 58.2 Å². The first-order chi connectivity index (χ1) is 12.8. The van der Waals surface area contributed by atoms with Crippen LogP contribution in [-0.2, 0) is 9.59 Å². The van der Waals surface area contributed by atoms with Crippen LogP contribution in [0.25, 0.3) is 0 Å². The molecule has 0 unspecified atom stereocenters. The summed E-state index contributed by atoms with van der Waals surface area (Å²) in [7, 11) is 0. The van der Waals surface area contributed by atoms with Crippen LogP contribution >= 0.6 is 58.2 Å². The van der Waals surface area contributed by atoms with Crippen molar-refractivity contribution in [1.29, 1.82) is 0 Å². The maximum absolute atomic E-state index is 11.9. The molecule has 0 atom stereocenters. The highest BCUT2D eigenvalue weighted by atomic mass is 35.5. The molecule has 2 aromatic rings. The fraction of sp³-hybridized carbons (Fsp3) is 0.222. The summed E-state index contributed by atoms with van der Waals surface area (Å²) in [6.07, 6.45) is 0.640. The van der Waals surface area contributed by atoms with Crippen LogP contribution in [0.2, 0.25) is 20.1 Å². The van der Waals surface area contributed by atoms with Crippen LogP contribution in [0.15, 0.2) is 36.4 Å². The summed E-state index contributed by atoms with van der Waals surface area (Å²) in [6.45, 7) is 0. The fourth-order valence-corrected chi connectivity index (χ4v) is 4.05. The van der Waals surface area contributed by atoms with E-state index in [1.807, 2.05) is 0 Å². The Balaban J connectivity index is 1.64. The Morgan fingerprint density at radius 1 is 0.667 bits per heavy atom. The van der Waals surface area contributed by atoms with E-state index in [1.54, 1.807) is 36.4 Å². The lowest BCUT2D eigenvalue weighted by atomic mass is 10.3. The molecule has 2 rings (SSSR count). The summed E-state index contributed by atoms with van der Waals surface area (Å²) in [5.41, 5.74) is 1.11. The van der Waals surface area contributed by atoms with Gasteiger partial charge in [0.1, 0.15) is 0 Å². The Hall–Kier alpha value is -1.11. The van der Waals surface area contributed by atoms with E-state index in [2.05, 4.69) is 10.6 Å². The molecule has 27 heavy (non-hydrogen) atoms. The zero-order valence-electron chi connectivity index (χ0n) is 14.0. The van der Waals surface area contributed by atoms with Crippen molar-refractivity contribution in [3.63, 3.8) is 0 Å². The van der Waals surface area contributed by atoms with Crippen LogP contribution in [0, 0.1) is 0 Å². The number of anilines is 2. The smallest absolute Gasteiger partial charge is 0.225 e. The van der Waals surface area contributed by atoms with Crippen molar-refractivity contribution in [2.24, 2.45) is 0 Å². The van der Waals surface area contributed by atoms with Gasteiger partial charge in [0, 0.05) is 55.8 Å². The molecule has 0 saturated carbocycles. The number of carbonyl (C=O) groups is 2. The van der Waals surface area contributed by atoms with E-state index in [-0.39, 0.29) is 11.8 Å². The van der Waals surface area contributed by atoms with Crippen LogP contribution in [0.1, 0.15) is 12.8 Å². The first-order valence-electron chi connectivity index (χ1n) is 7.91. The summed E-state index contributed by atoms with van der Waals surface area (Å²) >= 11 is 25.1. The van der Waals surface area contributed by atoms with E-state index in [4.69, 9.17) is 46.4 Å². The Bertz CT molecular complexity index is 725. The van der Waals surface area contributed by atoms with Gasteiger partial charge in [0.05, 0.1) is 0 Å². The minimum Gasteiger partial charge on any atom is -0.326 e. The van der Waals surface area contributed by atoms with E-state index in [0.717, 1.165) is 0 Å². The predicted molar refractivity (Wildman–Crippen MR) is 117 cm³/mol. The number of nitrogens with one attached hydrogen (secondary N) is 2. The molecule has 0 aliphatic rings. The summed E-state index contributed by atoms with van der Waals surface area (Å²) in [5, 5.41) is 7.31. The standard InChI is InChI=1S/C18H16Cl4N2O2S/c19-11-5-12(20)8-15(7-11)23-17(25)1-3-27-4-2-18(26)24-16-9-13(21)6-14(22)10-16/h5-10H,1-4H2,(H,23,25)(H,24,26). The lowest BCUT2D eigenvalue weighted by Crippen LogP contribution is -2.14. The van der Waals surface area contributed by atoms with Crippen molar-refractivity contribution in [3.8, 4) is 0 Å². The Morgan fingerprint density at radius 2 is 1.00 bits per heavy atom. The number of halogens is 4. The van der Waals surface area contributed by atoms with Crippen LogP contribution in [-0.4, -0.2) is 23.3 Å². The number of carbonyl (C=O) groups excluding carboxylic acids is 2. The zero-order valence-corrected chi connectivity index (χ0v) is 17.9. The zero-order chi connectivity index (χ0) is 19.8. The first kappa shape index (κ1) is 22.2. The Labute approximate surface area is 181 Å². The van der Waals surface area contributed by atoms with Gasteiger partial charge in [-0.05, 0) is 36.4 Å². The van der Waals surface area contributed by atoms with Crippen molar-refractivity contribution in [2.45, 2.75) is 12.8 Å². The quantitative estimate of drug-likeness (QED) is 0.444. The third-order valence-corrected chi connectivity index (χ3v) is 5.10. The lowest BCUT2D eigenvalue weighted by Gasteiger charge is -2.07. The fourth-order valence-electron chi connectivity index (χ4n) is 2.13. The van der Waals surface area contributed by atoms with E-state index >= 15 is 0 Å². The number of amides is 2. The third-order valence-electron chi connectivity index (χ3n) is 3.24. The highest BCUT2D eigenvalue weighted by Crippen LogP contribution is 2.23. The Kier molecular flexibility index (Phi) is 9.06. The van der Waals surface area contributed by atoms with Crippen molar-refractivity contribution >= 4 is 81.4 Å². The number of hydrogen-bond donors (Lipinski definition) is 2. The molecule has 0 aliphatic heterocycles. The van der Waals surface area contributed by atoms with E-state index < -0.39 is 0 Å². The second-order valence-electron chi connectivity index (χ2n) is 5.52. The van der Waals surface area contributed by atoms with Gasteiger partial charge in [-0.15, -0.1) is 0 Å². The summed E-state index contributed by atoms with van der Waals surface area (Å²) in [5.74, 6) is 0.907. The lowest BCUT2D eigenvalue weighted by molar-refractivity contribution is -0.116. The van der Waals surface area contributed by atoms with Crippen LogP contribution in [0.5, 0.6) is 0 Å². The SMILES string of the molecule is O=C(CCSCCC(=O)Nc1cc(Cl)cc(Cl)c1)Nc1cc(Cl)cc(Cl)c1. The Morgan fingerprint density at radius 3 is 1.33 bits per heavy atom. The molecule has 2 amide bonds. The molecule has 2 N–H and O–H groups in total. The van der Waals surface area contributed by atoms with Crippen LogP contribution < -0.4 is 10.6 Å². The van der Waals surface area contributed by atoms with Crippen LogP contribution in [0.4, 0.5) is 11.4 Å². The minimum atomic E-state index is -0.140. The maximum atomic E-state index is 11.9. The molecular formula is C18H16Cl4N2O2S. The molecule has 0 radical (unpaired) electrons. The number of rotatable bonds is 8. The third kappa shape index (κ3) is 8.62. The molecule has 2 aromatic carbocycles. The van der Waals surface area contributed by atoms with Gasteiger partial charge in [-0.1, -0.05) is 46.4 Å². The molecule has 0 heterocycles. The molecule has 0 saturated heterocycles. The number of thioether (sulfide) groups is 1. The van der Waals surface area contributed by atoms with E-state index in [1.165, 1.54) is 11.8 Å². The van der Waals surface area contributed by atoms with Gasteiger partial charge in [0.15, 0.2) is 0 Å². The second kappa shape index (κ2) is 11.0. The minimum absolute atomic E-state index is 0.140. The molecule has 9 heteroatoms. The molecule has 0 aromatic heterocycles. The summed E-state index contributed by atoms with van der Waals surface area (Å²) in [6, 6.07) is 9.71. The molecular weight excluding hydrogens is 450 g/mol. The second-order valence-corrected chi connectivity index (χ2v) is 8.50. The van der Waals surface area contributed by atoms with Crippen molar-refractivity contribution in [2.75, 3.05) is 22.1 Å². The number of hydrogen-bond acceptors (Lipinski definition) is 3. The van der Waals surface area contributed by atoms with E-state index in [0.29, 0.717) is 55.8 Å². The number of benzene rings is 2. The van der Waals surface area contributed by atoms with Crippen molar-refractivity contribution in [3.05, 3.63) is 56.5 Å². The van der Waals surface area contributed by atoms with Gasteiger partial charge in [0.25, 0.3) is 0 Å². The highest BCUT2D eigenvalue weighted by molar-refractivity contribution is 7.99. The molecule has 0 fully saturated rings. The van der Waals surface area contributed by atoms with Gasteiger partial charge in [-0.25, -0.2) is 0 Å². The van der Waals surface area contributed by atoms with Crippen molar-refractivity contribution in [1.82, 2.24) is 0 Å². The van der Waals surface area contributed by atoms with Gasteiger partial charge in [0.2, 0.25) is 11.8 Å². The van der Waals surface area contributed by atoms with Crippen LogP contribution in [0.3, 0.4) is 0 Å². The highest BCUT2D eigenvalue weighted by Gasteiger charge is 2.07. The monoisotopic (exact) mass is 464 g/mol. The van der Waals surface area contributed by atoms with Gasteiger partial charge in [-0.3, -0.25) is 9.59 Å². The van der Waals surface area contributed by atoms with Gasteiger partial charge in [-0.2, -0.15) is 11.8 Å². The molecule has 144 valence electrons. The molecule has 0 spiro atoms. The van der Waals surface area contributed by atoms with Gasteiger partial charge < -0.3 is 10.6 Å². The van der Waals surface area contributed by atoms with Crippen molar-refractivity contribution < 1.29 is 9.59 Å². The molecule has 0 aliphatic carbocycles. The first-order valence-corrected chi connectivity index (χ1v) is 10.6. The largest absolute Gasteiger partial charge is 0.326 e. The van der Waals surface area contributed by atoms with E-state index in [9.17, 15) is 9.59 Å². The summed E-state index contributed by atoms with van der Waals surface area (Å²) < 4.78 is 0. The predicted octanol–water partition coefficient (Wildman–Crippen LogP) is 6.39. The average Bonchev–Trinajstić information content (AvgIpc) is 2.52.